The molecule has 1 aromatic carbocycles. The first-order valence-corrected chi connectivity index (χ1v) is 6.24. The van der Waals surface area contributed by atoms with E-state index in [9.17, 15) is 9.59 Å². The predicted molar refractivity (Wildman–Crippen MR) is 74.4 cm³/mol. The van der Waals surface area contributed by atoms with Crippen LogP contribution in [0.25, 0.3) is 6.08 Å². The Morgan fingerprint density at radius 3 is 2.42 bits per heavy atom. The minimum absolute atomic E-state index is 0.0177. The van der Waals surface area contributed by atoms with Crippen LogP contribution in [0.15, 0.2) is 36.4 Å². The van der Waals surface area contributed by atoms with E-state index in [2.05, 4.69) is 5.32 Å². The molecule has 0 spiro atoms. The summed E-state index contributed by atoms with van der Waals surface area (Å²) in [4.78, 5) is 22.5. The summed E-state index contributed by atoms with van der Waals surface area (Å²) in [5.41, 5.74) is 0.927. The van der Waals surface area contributed by atoms with Crippen molar-refractivity contribution in [3.63, 3.8) is 0 Å². The van der Waals surface area contributed by atoms with Gasteiger partial charge in [-0.1, -0.05) is 44.2 Å². The third-order valence-electron chi connectivity index (χ3n) is 2.84. The highest BCUT2D eigenvalue weighted by Crippen LogP contribution is 2.09. The fourth-order valence-corrected chi connectivity index (χ4v) is 1.61. The van der Waals surface area contributed by atoms with Gasteiger partial charge < -0.3 is 10.4 Å². The van der Waals surface area contributed by atoms with Gasteiger partial charge >= 0.3 is 5.97 Å². The molecule has 1 unspecified atom stereocenters. The molecular weight excluding hydrogens is 242 g/mol. The highest BCUT2D eigenvalue weighted by Gasteiger charge is 2.21. The van der Waals surface area contributed by atoms with E-state index in [1.54, 1.807) is 6.08 Å². The summed E-state index contributed by atoms with van der Waals surface area (Å²) >= 11 is 0. The van der Waals surface area contributed by atoms with E-state index in [1.807, 2.05) is 44.2 Å². The third-order valence-corrected chi connectivity index (χ3v) is 2.84. The molecule has 4 heteroatoms. The van der Waals surface area contributed by atoms with E-state index in [4.69, 9.17) is 5.11 Å². The van der Waals surface area contributed by atoms with E-state index in [1.165, 1.54) is 6.08 Å². The lowest BCUT2D eigenvalue weighted by molar-refractivity contribution is -0.143. The highest BCUT2D eigenvalue weighted by molar-refractivity contribution is 5.91. The Morgan fingerprint density at radius 2 is 1.89 bits per heavy atom. The van der Waals surface area contributed by atoms with Crippen LogP contribution in [-0.4, -0.2) is 23.5 Å². The first-order valence-electron chi connectivity index (χ1n) is 6.24. The zero-order valence-electron chi connectivity index (χ0n) is 11.2. The number of hydrogen-bond donors (Lipinski definition) is 2. The average molecular weight is 261 g/mol. The standard InChI is InChI=1S/C15H19NO3/c1-11(2)13(15(18)19)10-16-14(17)9-8-12-6-4-3-5-7-12/h3-9,11,13H,10H2,1-2H3,(H,16,17)(H,18,19). The van der Waals surface area contributed by atoms with E-state index in [-0.39, 0.29) is 18.4 Å². The monoisotopic (exact) mass is 261 g/mol. The maximum absolute atomic E-state index is 11.6. The van der Waals surface area contributed by atoms with Gasteiger partial charge in [-0.05, 0) is 17.6 Å². The molecule has 0 aliphatic heterocycles. The molecule has 0 aliphatic rings. The van der Waals surface area contributed by atoms with Crippen molar-refractivity contribution in [3.05, 3.63) is 42.0 Å². The van der Waals surface area contributed by atoms with Crippen LogP contribution in [0.3, 0.4) is 0 Å². The second-order valence-corrected chi connectivity index (χ2v) is 4.68. The number of aliphatic carboxylic acids is 1. The molecule has 19 heavy (non-hydrogen) atoms. The second-order valence-electron chi connectivity index (χ2n) is 4.68. The Balaban J connectivity index is 2.48. The lowest BCUT2D eigenvalue weighted by atomic mass is 9.96. The number of nitrogens with one attached hydrogen (secondary N) is 1. The van der Waals surface area contributed by atoms with Crippen molar-refractivity contribution < 1.29 is 14.7 Å². The molecule has 1 rings (SSSR count). The van der Waals surface area contributed by atoms with Crippen molar-refractivity contribution in [2.45, 2.75) is 13.8 Å². The molecule has 0 saturated carbocycles. The van der Waals surface area contributed by atoms with E-state index in [0.29, 0.717) is 0 Å². The van der Waals surface area contributed by atoms with Crippen LogP contribution in [0, 0.1) is 11.8 Å². The molecule has 0 saturated heterocycles. The van der Waals surface area contributed by atoms with Gasteiger partial charge in [0.05, 0.1) is 5.92 Å². The zero-order chi connectivity index (χ0) is 14.3. The molecule has 0 bridgehead atoms. The van der Waals surface area contributed by atoms with Crippen molar-refractivity contribution in [2.24, 2.45) is 11.8 Å². The number of carbonyl (C=O) groups is 2. The van der Waals surface area contributed by atoms with E-state index >= 15 is 0 Å². The minimum Gasteiger partial charge on any atom is -0.481 e. The maximum atomic E-state index is 11.6. The number of rotatable bonds is 6. The second kappa shape index (κ2) is 7.36. The van der Waals surface area contributed by atoms with E-state index in [0.717, 1.165) is 5.56 Å². The average Bonchev–Trinajstić information content (AvgIpc) is 2.37. The number of carbonyl (C=O) groups excluding carboxylic acids is 1. The van der Waals surface area contributed by atoms with Gasteiger partial charge in [-0.25, -0.2) is 0 Å². The van der Waals surface area contributed by atoms with Gasteiger partial charge in [0.1, 0.15) is 0 Å². The molecule has 1 atom stereocenters. The lowest BCUT2D eigenvalue weighted by Crippen LogP contribution is -2.34. The van der Waals surface area contributed by atoms with Gasteiger partial charge in [0.2, 0.25) is 5.91 Å². The summed E-state index contributed by atoms with van der Waals surface area (Å²) in [5, 5.41) is 11.6. The number of carboxylic acid groups (broad SMARTS) is 1. The molecular formula is C15H19NO3. The summed E-state index contributed by atoms with van der Waals surface area (Å²) in [7, 11) is 0. The van der Waals surface area contributed by atoms with Crippen molar-refractivity contribution in [1.82, 2.24) is 5.32 Å². The van der Waals surface area contributed by atoms with Crippen LogP contribution in [0.4, 0.5) is 0 Å². The lowest BCUT2D eigenvalue weighted by Gasteiger charge is -2.15. The fraction of sp³-hybridized carbons (Fsp3) is 0.333. The molecule has 0 radical (unpaired) electrons. The van der Waals surface area contributed by atoms with Gasteiger partial charge in [0.25, 0.3) is 0 Å². The number of hydrogen-bond acceptors (Lipinski definition) is 2. The van der Waals surface area contributed by atoms with Gasteiger partial charge in [-0.15, -0.1) is 0 Å². The maximum Gasteiger partial charge on any atom is 0.308 e. The fourth-order valence-electron chi connectivity index (χ4n) is 1.61. The largest absolute Gasteiger partial charge is 0.481 e. The van der Waals surface area contributed by atoms with Crippen LogP contribution < -0.4 is 5.32 Å². The predicted octanol–water partition coefficient (Wildman–Crippen LogP) is 2.17. The Kier molecular flexibility index (Phi) is 5.79. The molecule has 0 heterocycles. The molecule has 2 N–H and O–H groups in total. The third kappa shape index (κ3) is 5.38. The van der Waals surface area contributed by atoms with Crippen molar-refractivity contribution in [3.8, 4) is 0 Å². The quantitative estimate of drug-likeness (QED) is 0.771. The summed E-state index contributed by atoms with van der Waals surface area (Å²) < 4.78 is 0. The zero-order valence-corrected chi connectivity index (χ0v) is 11.2. The van der Waals surface area contributed by atoms with Gasteiger partial charge in [0, 0.05) is 12.6 Å². The molecule has 0 aromatic heterocycles. The molecule has 0 fully saturated rings. The first kappa shape index (κ1) is 15.0. The Labute approximate surface area is 113 Å². The highest BCUT2D eigenvalue weighted by atomic mass is 16.4. The number of carboxylic acids is 1. The van der Waals surface area contributed by atoms with Crippen molar-refractivity contribution >= 4 is 18.0 Å². The van der Waals surface area contributed by atoms with Crippen LogP contribution in [0.5, 0.6) is 0 Å². The normalized spacial score (nSPS) is 12.6. The minimum atomic E-state index is -0.887. The van der Waals surface area contributed by atoms with Crippen LogP contribution >= 0.6 is 0 Å². The first-order chi connectivity index (χ1) is 9.00. The molecule has 1 aromatic rings. The van der Waals surface area contributed by atoms with Gasteiger partial charge in [-0.3, -0.25) is 9.59 Å². The van der Waals surface area contributed by atoms with E-state index < -0.39 is 11.9 Å². The summed E-state index contributed by atoms with van der Waals surface area (Å²) in [6.45, 7) is 3.79. The van der Waals surface area contributed by atoms with Gasteiger partial charge in [-0.2, -0.15) is 0 Å². The summed E-state index contributed by atoms with van der Waals surface area (Å²) in [6.07, 6.45) is 3.11. The van der Waals surface area contributed by atoms with Crippen molar-refractivity contribution in [2.75, 3.05) is 6.54 Å². The molecule has 0 aliphatic carbocycles. The van der Waals surface area contributed by atoms with Crippen LogP contribution in [0.2, 0.25) is 0 Å². The van der Waals surface area contributed by atoms with Crippen LogP contribution in [0.1, 0.15) is 19.4 Å². The summed E-state index contributed by atoms with van der Waals surface area (Å²) in [5.74, 6) is -1.75. The summed E-state index contributed by atoms with van der Waals surface area (Å²) in [6, 6.07) is 9.45. The SMILES string of the molecule is CC(C)C(CNC(=O)C=Cc1ccccc1)C(=O)O. The Morgan fingerprint density at radius 1 is 1.26 bits per heavy atom. The van der Waals surface area contributed by atoms with Crippen molar-refractivity contribution in [1.29, 1.82) is 0 Å². The number of benzene rings is 1. The Hall–Kier alpha value is -2.10. The topological polar surface area (TPSA) is 66.4 Å². The molecule has 4 nitrogen and oxygen atoms in total. The van der Waals surface area contributed by atoms with Crippen LogP contribution in [-0.2, 0) is 9.59 Å². The van der Waals surface area contributed by atoms with Gasteiger partial charge in [0.15, 0.2) is 0 Å². The smallest absolute Gasteiger partial charge is 0.308 e. The Bertz CT molecular complexity index is 452. The molecule has 1 amide bonds. The number of amides is 1. The molecule has 102 valence electrons.